The van der Waals surface area contributed by atoms with Gasteiger partial charge in [-0.25, -0.2) is 4.98 Å². The highest BCUT2D eigenvalue weighted by Gasteiger charge is 2.26. The van der Waals surface area contributed by atoms with E-state index in [0.29, 0.717) is 11.4 Å². The molecule has 5 heteroatoms. The molecule has 0 saturated heterocycles. The van der Waals surface area contributed by atoms with Crippen LogP contribution in [0.3, 0.4) is 0 Å². The van der Waals surface area contributed by atoms with Gasteiger partial charge in [0, 0.05) is 20.4 Å². The molecule has 0 aliphatic rings. The Morgan fingerprint density at radius 1 is 1.47 bits per heavy atom. The van der Waals surface area contributed by atoms with Crippen LogP contribution in [0.15, 0.2) is 17.1 Å². The van der Waals surface area contributed by atoms with Crippen LogP contribution in [0.25, 0.3) is 0 Å². The van der Waals surface area contributed by atoms with Gasteiger partial charge in [0.15, 0.2) is 0 Å². The van der Waals surface area contributed by atoms with E-state index in [9.17, 15) is 8.78 Å². The highest BCUT2D eigenvalue weighted by molar-refractivity contribution is 5.95. The third-order valence-electron chi connectivity index (χ3n) is 2.42. The molecule has 3 nitrogen and oxygen atoms in total. The lowest BCUT2D eigenvalue weighted by Gasteiger charge is -2.14. The highest BCUT2D eigenvalue weighted by atomic mass is 19.3. The summed E-state index contributed by atoms with van der Waals surface area (Å²) in [6, 6.07) is 2.94. The molecule has 0 aliphatic heterocycles. The second-order valence-electron chi connectivity index (χ2n) is 3.87. The van der Waals surface area contributed by atoms with E-state index in [2.05, 4.69) is 15.3 Å². The molecule has 1 aromatic heterocycles. The van der Waals surface area contributed by atoms with Crippen LogP contribution in [0.4, 0.5) is 14.5 Å². The lowest BCUT2D eigenvalue weighted by Crippen LogP contribution is -2.15. The van der Waals surface area contributed by atoms with Gasteiger partial charge in [-0.15, -0.1) is 0 Å². The lowest BCUT2D eigenvalue weighted by atomic mass is 10.2. The minimum absolute atomic E-state index is 0.216. The van der Waals surface area contributed by atoms with Crippen LogP contribution in [0.5, 0.6) is 0 Å². The Hall–Kier alpha value is -1.52. The first kappa shape index (κ1) is 13.5. The van der Waals surface area contributed by atoms with Crippen molar-refractivity contribution in [3.8, 4) is 0 Å². The van der Waals surface area contributed by atoms with Crippen LogP contribution >= 0.6 is 0 Å². The summed E-state index contributed by atoms with van der Waals surface area (Å²) in [7, 11) is 1.68. The zero-order valence-electron chi connectivity index (χ0n) is 10.5. The number of hydrogen-bond donors (Lipinski definition) is 1. The van der Waals surface area contributed by atoms with Gasteiger partial charge in [0.05, 0.1) is 11.4 Å². The molecular formula is C12H17F2N3. The number of aryl methyl sites for hydroxylation is 1. The number of alkyl halides is 2. The number of halogens is 2. The molecule has 0 fully saturated rings. The second kappa shape index (κ2) is 5.21. The van der Waals surface area contributed by atoms with Gasteiger partial charge in [-0.05, 0) is 19.1 Å². The molecule has 1 N–H and O–H groups in total. The lowest BCUT2D eigenvalue weighted by molar-refractivity contribution is 0.0126. The molecule has 0 unspecified atom stereocenters. The van der Waals surface area contributed by atoms with E-state index in [1.54, 1.807) is 20.0 Å². The second-order valence-corrected chi connectivity index (χ2v) is 3.87. The van der Waals surface area contributed by atoms with Crippen LogP contribution in [-0.2, 0) is 5.92 Å². The van der Waals surface area contributed by atoms with Crippen LogP contribution in [0.1, 0.15) is 31.7 Å². The van der Waals surface area contributed by atoms with Crippen LogP contribution in [-0.4, -0.2) is 17.9 Å². The number of pyridine rings is 1. The van der Waals surface area contributed by atoms with E-state index < -0.39 is 5.92 Å². The Bertz CT molecular complexity index is 422. The van der Waals surface area contributed by atoms with Gasteiger partial charge in [-0.1, -0.05) is 6.92 Å². The summed E-state index contributed by atoms with van der Waals surface area (Å²) >= 11 is 0. The van der Waals surface area contributed by atoms with Gasteiger partial charge in [-0.2, -0.15) is 8.78 Å². The maximum Gasteiger partial charge on any atom is 0.286 e. The average Bonchev–Trinajstić information content (AvgIpc) is 2.26. The number of nitrogens with zero attached hydrogens (tertiary/aromatic N) is 2. The highest BCUT2D eigenvalue weighted by Crippen LogP contribution is 2.27. The van der Waals surface area contributed by atoms with E-state index in [4.69, 9.17) is 0 Å². The van der Waals surface area contributed by atoms with Crippen molar-refractivity contribution in [3.05, 3.63) is 23.5 Å². The van der Waals surface area contributed by atoms with Crippen LogP contribution in [0.2, 0.25) is 0 Å². The minimum atomic E-state index is -2.91. The van der Waals surface area contributed by atoms with Crippen molar-refractivity contribution in [1.29, 1.82) is 0 Å². The largest absolute Gasteiger partial charge is 0.343 e. The molecule has 1 aromatic rings. The molecule has 0 bridgehead atoms. The van der Waals surface area contributed by atoms with Crippen molar-refractivity contribution in [3.63, 3.8) is 0 Å². The zero-order chi connectivity index (χ0) is 13.1. The Morgan fingerprint density at radius 3 is 2.53 bits per heavy atom. The van der Waals surface area contributed by atoms with Gasteiger partial charge in [0.1, 0.15) is 11.5 Å². The van der Waals surface area contributed by atoms with Crippen LogP contribution < -0.4 is 5.32 Å². The van der Waals surface area contributed by atoms with Crippen molar-refractivity contribution in [2.45, 2.75) is 33.1 Å². The summed E-state index contributed by atoms with van der Waals surface area (Å²) < 4.78 is 26.1. The van der Waals surface area contributed by atoms with E-state index >= 15 is 0 Å². The predicted molar refractivity (Wildman–Crippen MR) is 65.8 cm³/mol. The molecule has 0 spiro atoms. The summed E-state index contributed by atoms with van der Waals surface area (Å²) in [6.45, 7) is 4.50. The standard InChI is InChI=1S/C12H17F2N3/c1-5-11(15-4)17-9-6-7-10(12(3,13)14)16-8(9)2/h6-7H,5H2,1-4H3,(H,15,17). The first-order valence-corrected chi connectivity index (χ1v) is 5.47. The van der Waals surface area contributed by atoms with Gasteiger partial charge in [0.2, 0.25) is 0 Å². The molecule has 0 amide bonds. The van der Waals surface area contributed by atoms with Gasteiger partial charge in [0.25, 0.3) is 5.92 Å². The van der Waals surface area contributed by atoms with Crippen LogP contribution in [0, 0.1) is 6.92 Å². The maximum atomic E-state index is 13.1. The summed E-state index contributed by atoms with van der Waals surface area (Å²) in [5.41, 5.74) is 1.03. The molecule has 94 valence electrons. The quantitative estimate of drug-likeness (QED) is 0.651. The van der Waals surface area contributed by atoms with Gasteiger partial charge >= 0.3 is 0 Å². The molecule has 0 aliphatic carbocycles. The predicted octanol–water partition coefficient (Wildman–Crippen LogP) is 3.35. The number of rotatable bonds is 3. The Balaban J connectivity index is 2.99. The topological polar surface area (TPSA) is 37.3 Å². The number of aliphatic imine (C=N–C) groups is 1. The normalized spacial score (nSPS) is 12.7. The average molecular weight is 241 g/mol. The maximum absolute atomic E-state index is 13.1. The zero-order valence-corrected chi connectivity index (χ0v) is 10.5. The number of aromatic nitrogens is 1. The number of nitrogens with one attached hydrogen (secondary N) is 1. The molecule has 0 aromatic carbocycles. The third-order valence-corrected chi connectivity index (χ3v) is 2.42. The number of amidine groups is 1. The Morgan fingerprint density at radius 2 is 2.12 bits per heavy atom. The molecular weight excluding hydrogens is 224 g/mol. The summed E-state index contributed by atoms with van der Waals surface area (Å²) in [4.78, 5) is 7.94. The molecule has 1 heterocycles. The van der Waals surface area contributed by atoms with E-state index in [1.165, 1.54) is 6.07 Å². The molecule has 0 atom stereocenters. The third kappa shape index (κ3) is 3.47. The first-order chi connectivity index (χ1) is 7.88. The summed E-state index contributed by atoms with van der Waals surface area (Å²) in [5.74, 6) is -2.11. The van der Waals surface area contributed by atoms with Gasteiger partial charge in [-0.3, -0.25) is 4.99 Å². The van der Waals surface area contributed by atoms with Crippen molar-refractivity contribution >= 4 is 11.5 Å². The molecule has 17 heavy (non-hydrogen) atoms. The summed E-state index contributed by atoms with van der Waals surface area (Å²) in [6.07, 6.45) is 0.752. The monoisotopic (exact) mass is 241 g/mol. The van der Waals surface area contributed by atoms with Crippen molar-refractivity contribution in [2.24, 2.45) is 4.99 Å². The van der Waals surface area contributed by atoms with Crippen molar-refractivity contribution in [2.75, 3.05) is 12.4 Å². The van der Waals surface area contributed by atoms with Gasteiger partial charge < -0.3 is 5.32 Å². The van der Waals surface area contributed by atoms with E-state index in [0.717, 1.165) is 19.2 Å². The Labute approximate surface area is 100.0 Å². The SMILES string of the molecule is CCC(=NC)Nc1ccc(C(C)(F)F)nc1C. The van der Waals surface area contributed by atoms with Crippen molar-refractivity contribution in [1.82, 2.24) is 4.98 Å². The molecule has 0 saturated carbocycles. The fourth-order valence-electron chi connectivity index (χ4n) is 1.40. The fourth-order valence-corrected chi connectivity index (χ4v) is 1.40. The number of anilines is 1. The van der Waals surface area contributed by atoms with E-state index in [1.807, 2.05) is 6.92 Å². The summed E-state index contributed by atoms with van der Waals surface area (Å²) in [5, 5.41) is 3.07. The molecule has 1 rings (SSSR count). The fraction of sp³-hybridized carbons (Fsp3) is 0.500. The minimum Gasteiger partial charge on any atom is -0.343 e. The van der Waals surface area contributed by atoms with Crippen molar-refractivity contribution < 1.29 is 8.78 Å². The first-order valence-electron chi connectivity index (χ1n) is 5.47. The number of hydrogen-bond acceptors (Lipinski definition) is 2. The van der Waals surface area contributed by atoms with E-state index in [-0.39, 0.29) is 5.69 Å². The smallest absolute Gasteiger partial charge is 0.286 e. The Kier molecular flexibility index (Phi) is 4.15. The molecule has 0 radical (unpaired) electrons.